The van der Waals surface area contributed by atoms with Gasteiger partial charge in [0.25, 0.3) is 0 Å². The second kappa shape index (κ2) is 4.24. The Labute approximate surface area is 116 Å². The highest BCUT2D eigenvalue weighted by molar-refractivity contribution is 5.52. The van der Waals surface area contributed by atoms with Crippen LogP contribution in [0.3, 0.4) is 0 Å². The van der Waals surface area contributed by atoms with Gasteiger partial charge in [0.05, 0.1) is 0 Å². The van der Waals surface area contributed by atoms with E-state index >= 15 is 0 Å². The number of benzene rings is 1. The summed E-state index contributed by atoms with van der Waals surface area (Å²) >= 11 is 0. The van der Waals surface area contributed by atoms with Crippen molar-refractivity contribution in [3.8, 4) is 0 Å². The Bertz CT molecular complexity index is 496. The number of fused-ring (bicyclic) bond motifs is 3. The van der Waals surface area contributed by atoms with Crippen molar-refractivity contribution >= 4 is 5.69 Å². The van der Waals surface area contributed by atoms with Crippen molar-refractivity contribution in [3.63, 3.8) is 0 Å². The van der Waals surface area contributed by atoms with Crippen molar-refractivity contribution in [1.29, 1.82) is 0 Å². The van der Waals surface area contributed by atoms with Crippen LogP contribution in [-0.4, -0.2) is 10.9 Å². The van der Waals surface area contributed by atoms with Gasteiger partial charge in [-0.05, 0) is 61.1 Å². The summed E-state index contributed by atoms with van der Waals surface area (Å²) in [7, 11) is 0. The van der Waals surface area contributed by atoms with Crippen molar-refractivity contribution in [1.82, 2.24) is 4.90 Å². The predicted molar refractivity (Wildman–Crippen MR) is 78.5 cm³/mol. The van der Waals surface area contributed by atoms with Gasteiger partial charge < -0.3 is 5.73 Å². The Morgan fingerprint density at radius 1 is 1.21 bits per heavy atom. The van der Waals surface area contributed by atoms with Crippen molar-refractivity contribution in [2.24, 2.45) is 17.8 Å². The summed E-state index contributed by atoms with van der Waals surface area (Å²) in [6.07, 6.45) is 5.98. The molecule has 0 saturated heterocycles. The van der Waals surface area contributed by atoms with Gasteiger partial charge in [-0.25, -0.2) is 0 Å². The first-order chi connectivity index (χ1) is 9.22. The van der Waals surface area contributed by atoms with E-state index in [0.29, 0.717) is 0 Å². The summed E-state index contributed by atoms with van der Waals surface area (Å²) in [5.41, 5.74) is 9.95. The molecule has 2 saturated carbocycles. The Morgan fingerprint density at radius 2 is 2.11 bits per heavy atom. The Balaban J connectivity index is 1.52. The molecule has 1 heterocycles. The van der Waals surface area contributed by atoms with Gasteiger partial charge in [-0.2, -0.15) is 0 Å². The molecule has 4 rings (SSSR count). The number of rotatable bonds is 2. The molecule has 2 aliphatic carbocycles. The normalized spacial score (nSPS) is 34.7. The van der Waals surface area contributed by atoms with Crippen LogP contribution in [0.15, 0.2) is 18.2 Å². The smallest absolute Gasteiger partial charge is 0.0363 e. The quantitative estimate of drug-likeness (QED) is 0.822. The van der Waals surface area contributed by atoms with E-state index in [4.69, 9.17) is 5.73 Å². The van der Waals surface area contributed by atoms with E-state index in [0.717, 1.165) is 42.6 Å². The number of nitrogens with two attached hydrogens (primary N) is 1. The van der Waals surface area contributed by atoms with Crippen LogP contribution in [0, 0.1) is 17.8 Å². The minimum atomic E-state index is 0.724. The number of nitrogens with zero attached hydrogens (tertiary/aromatic N) is 1. The van der Waals surface area contributed by atoms with Gasteiger partial charge in [-0.15, -0.1) is 0 Å². The SMILES string of the molecule is CC(C1CC2CCC1C2)N1Cc2cccc(N)c2C1. The molecule has 1 aliphatic heterocycles. The Kier molecular flexibility index (Phi) is 2.63. The predicted octanol–water partition coefficient (Wildman–Crippen LogP) is 3.41. The molecule has 4 unspecified atom stereocenters. The average Bonchev–Trinajstić information content (AvgIpc) is 3.12. The van der Waals surface area contributed by atoms with Crippen LogP contribution in [0.2, 0.25) is 0 Å². The molecule has 2 heteroatoms. The van der Waals surface area contributed by atoms with Crippen molar-refractivity contribution in [3.05, 3.63) is 29.3 Å². The molecule has 0 radical (unpaired) electrons. The van der Waals surface area contributed by atoms with Crippen LogP contribution < -0.4 is 5.73 Å². The first kappa shape index (κ1) is 11.8. The standard InChI is InChI=1S/C17H24N2/c1-11(15-8-12-5-6-13(15)7-12)19-9-14-3-2-4-17(18)16(14)10-19/h2-4,11-13,15H,5-10,18H2,1H3. The first-order valence-corrected chi connectivity index (χ1v) is 7.82. The van der Waals surface area contributed by atoms with Gasteiger partial charge in [0.15, 0.2) is 0 Å². The van der Waals surface area contributed by atoms with E-state index in [2.05, 4.69) is 24.0 Å². The summed E-state index contributed by atoms with van der Waals surface area (Å²) < 4.78 is 0. The number of nitrogen functional groups attached to an aromatic ring is 1. The second-order valence-corrected chi connectivity index (χ2v) is 6.97. The third kappa shape index (κ3) is 1.80. The fraction of sp³-hybridized carbons (Fsp3) is 0.647. The van der Waals surface area contributed by atoms with Crippen molar-refractivity contribution < 1.29 is 0 Å². The number of anilines is 1. The maximum absolute atomic E-state index is 6.12. The summed E-state index contributed by atoms with van der Waals surface area (Å²) in [6, 6.07) is 7.12. The summed E-state index contributed by atoms with van der Waals surface area (Å²) in [5.74, 6) is 3.00. The zero-order chi connectivity index (χ0) is 13.0. The molecule has 0 aromatic heterocycles. The average molecular weight is 256 g/mol. The van der Waals surface area contributed by atoms with Crippen LogP contribution in [0.5, 0.6) is 0 Å². The third-order valence-electron chi connectivity index (χ3n) is 6.03. The maximum Gasteiger partial charge on any atom is 0.0363 e. The second-order valence-electron chi connectivity index (χ2n) is 6.97. The van der Waals surface area contributed by atoms with Gasteiger partial charge in [0.1, 0.15) is 0 Å². The zero-order valence-corrected chi connectivity index (χ0v) is 11.8. The van der Waals surface area contributed by atoms with Gasteiger partial charge >= 0.3 is 0 Å². The van der Waals surface area contributed by atoms with Crippen LogP contribution in [0.4, 0.5) is 5.69 Å². The van der Waals surface area contributed by atoms with Crippen LogP contribution >= 0.6 is 0 Å². The lowest BCUT2D eigenvalue weighted by atomic mass is 9.83. The molecular weight excluding hydrogens is 232 g/mol. The molecule has 102 valence electrons. The molecule has 0 amide bonds. The van der Waals surface area contributed by atoms with Crippen LogP contribution in [-0.2, 0) is 13.1 Å². The Hall–Kier alpha value is -1.02. The number of hydrogen-bond acceptors (Lipinski definition) is 2. The van der Waals surface area contributed by atoms with E-state index in [-0.39, 0.29) is 0 Å². The first-order valence-electron chi connectivity index (χ1n) is 7.82. The molecule has 19 heavy (non-hydrogen) atoms. The zero-order valence-electron chi connectivity index (χ0n) is 11.8. The van der Waals surface area contributed by atoms with Crippen LogP contribution in [0.25, 0.3) is 0 Å². The van der Waals surface area contributed by atoms with Gasteiger partial charge in [0, 0.05) is 24.8 Å². The Morgan fingerprint density at radius 3 is 2.79 bits per heavy atom. The highest BCUT2D eigenvalue weighted by Gasteiger charge is 2.43. The molecule has 1 aromatic carbocycles. The molecule has 2 bridgehead atoms. The molecule has 0 spiro atoms. The van der Waals surface area contributed by atoms with E-state index in [1.165, 1.54) is 36.8 Å². The molecule has 2 nitrogen and oxygen atoms in total. The minimum absolute atomic E-state index is 0.724. The van der Waals surface area contributed by atoms with Gasteiger partial charge in [-0.1, -0.05) is 18.6 Å². The van der Waals surface area contributed by atoms with Crippen molar-refractivity contribution in [2.45, 2.75) is 51.7 Å². The van der Waals surface area contributed by atoms with Gasteiger partial charge in [-0.3, -0.25) is 4.90 Å². The molecule has 3 aliphatic rings. The van der Waals surface area contributed by atoms with Crippen LogP contribution in [0.1, 0.15) is 43.7 Å². The summed E-state index contributed by atoms with van der Waals surface area (Å²) in [4.78, 5) is 2.66. The van der Waals surface area contributed by atoms with E-state index in [1.807, 2.05) is 6.07 Å². The lowest BCUT2D eigenvalue weighted by molar-refractivity contribution is 0.118. The maximum atomic E-state index is 6.12. The fourth-order valence-electron chi connectivity index (χ4n) is 4.92. The lowest BCUT2D eigenvalue weighted by Crippen LogP contribution is -2.37. The van der Waals surface area contributed by atoms with Crippen molar-refractivity contribution in [2.75, 3.05) is 5.73 Å². The highest BCUT2D eigenvalue weighted by atomic mass is 15.2. The summed E-state index contributed by atoms with van der Waals surface area (Å²) in [5, 5.41) is 0. The largest absolute Gasteiger partial charge is 0.398 e. The molecule has 2 N–H and O–H groups in total. The lowest BCUT2D eigenvalue weighted by Gasteiger charge is -2.34. The third-order valence-corrected chi connectivity index (χ3v) is 6.03. The summed E-state index contributed by atoms with van der Waals surface area (Å²) in [6.45, 7) is 4.62. The fourth-order valence-corrected chi connectivity index (χ4v) is 4.92. The van der Waals surface area contributed by atoms with E-state index < -0.39 is 0 Å². The molecule has 4 atom stereocenters. The highest BCUT2D eigenvalue weighted by Crippen LogP contribution is 2.51. The molecular formula is C17H24N2. The molecule has 1 aromatic rings. The molecule has 2 fully saturated rings. The van der Waals surface area contributed by atoms with E-state index in [9.17, 15) is 0 Å². The van der Waals surface area contributed by atoms with E-state index in [1.54, 1.807) is 0 Å². The number of hydrogen-bond donors (Lipinski definition) is 1. The van der Waals surface area contributed by atoms with Gasteiger partial charge in [0.2, 0.25) is 0 Å². The topological polar surface area (TPSA) is 29.3 Å². The monoisotopic (exact) mass is 256 g/mol. The minimum Gasteiger partial charge on any atom is -0.398 e.